The predicted octanol–water partition coefficient (Wildman–Crippen LogP) is 1.11. The molecule has 0 radical (unpaired) electrons. The first-order valence-corrected chi connectivity index (χ1v) is 5.40. The van der Waals surface area contributed by atoms with E-state index in [-0.39, 0.29) is 0 Å². The highest BCUT2D eigenvalue weighted by Gasteiger charge is 2.10. The van der Waals surface area contributed by atoms with Gasteiger partial charge in [-0.25, -0.2) is 4.98 Å². The number of hydrogen-bond donors (Lipinski definition) is 2. The third-order valence-corrected chi connectivity index (χ3v) is 2.37. The van der Waals surface area contributed by atoms with Crippen LogP contribution < -0.4 is 16.4 Å². The van der Waals surface area contributed by atoms with Crippen molar-refractivity contribution in [3.8, 4) is 0 Å². The molecule has 15 heavy (non-hydrogen) atoms. The minimum atomic E-state index is 0.518. The Hall–Kier alpha value is -0.550. The zero-order chi connectivity index (χ0) is 11.3. The third kappa shape index (κ3) is 3.50. The molecule has 0 atom stereocenters. The maximum absolute atomic E-state index is 6.03. The number of halogens is 2. The Labute approximate surface area is 99.2 Å². The highest BCUT2D eigenvalue weighted by atomic mass is 35.5. The molecule has 4 N–H and O–H groups in total. The van der Waals surface area contributed by atoms with Gasteiger partial charge in [0.25, 0.3) is 0 Å². The van der Waals surface area contributed by atoms with Crippen LogP contribution in [0.5, 0.6) is 0 Å². The van der Waals surface area contributed by atoms with E-state index in [1.54, 1.807) is 12.3 Å². The van der Waals surface area contributed by atoms with E-state index in [1.165, 1.54) is 0 Å². The number of hydrogen-bond acceptors (Lipinski definition) is 4. The van der Waals surface area contributed by atoms with Crippen LogP contribution in [0.2, 0.25) is 10.0 Å². The van der Waals surface area contributed by atoms with Gasteiger partial charge < -0.3 is 16.4 Å². The molecule has 0 bridgehead atoms. The predicted molar refractivity (Wildman–Crippen MR) is 64.6 cm³/mol. The Kier molecular flexibility index (Phi) is 5.11. The van der Waals surface area contributed by atoms with E-state index in [9.17, 15) is 0 Å². The number of aromatic nitrogens is 1. The number of anilines is 1. The van der Waals surface area contributed by atoms with Gasteiger partial charge in [-0.3, -0.25) is 0 Å². The minimum absolute atomic E-state index is 0.518. The summed E-state index contributed by atoms with van der Waals surface area (Å²) < 4.78 is 0. The molecule has 0 unspecified atom stereocenters. The van der Waals surface area contributed by atoms with Gasteiger partial charge in [0.1, 0.15) is 5.82 Å². The second-order valence-corrected chi connectivity index (χ2v) is 3.87. The summed E-state index contributed by atoms with van der Waals surface area (Å²) in [6.45, 7) is 2.40. The van der Waals surface area contributed by atoms with E-state index in [2.05, 4.69) is 4.98 Å². The third-order valence-electron chi connectivity index (χ3n) is 1.89. The number of rotatable bonds is 5. The van der Waals surface area contributed by atoms with Gasteiger partial charge in [0.05, 0.1) is 10.0 Å². The van der Waals surface area contributed by atoms with Crippen molar-refractivity contribution in [2.45, 2.75) is 0 Å². The molecule has 0 saturated heterocycles. The fourth-order valence-corrected chi connectivity index (χ4v) is 1.77. The van der Waals surface area contributed by atoms with Gasteiger partial charge >= 0.3 is 0 Å². The van der Waals surface area contributed by atoms with E-state index in [4.69, 9.17) is 34.7 Å². The van der Waals surface area contributed by atoms with Gasteiger partial charge in [-0.2, -0.15) is 0 Å². The minimum Gasteiger partial charge on any atom is -0.353 e. The summed E-state index contributed by atoms with van der Waals surface area (Å²) in [6.07, 6.45) is 1.56. The quantitative estimate of drug-likeness (QED) is 0.820. The molecular formula is C9H14Cl2N4. The maximum atomic E-state index is 6.03. The smallest absolute Gasteiger partial charge is 0.147 e. The largest absolute Gasteiger partial charge is 0.353 e. The lowest BCUT2D eigenvalue weighted by Gasteiger charge is -2.23. The van der Waals surface area contributed by atoms with Crippen molar-refractivity contribution in [1.29, 1.82) is 0 Å². The van der Waals surface area contributed by atoms with Crippen LogP contribution >= 0.6 is 23.2 Å². The van der Waals surface area contributed by atoms with Crippen LogP contribution in [0.3, 0.4) is 0 Å². The molecular weight excluding hydrogens is 235 g/mol. The van der Waals surface area contributed by atoms with Crippen molar-refractivity contribution in [2.24, 2.45) is 11.5 Å². The van der Waals surface area contributed by atoms with Gasteiger partial charge in [0.2, 0.25) is 0 Å². The van der Waals surface area contributed by atoms with Crippen LogP contribution in [0.15, 0.2) is 12.3 Å². The van der Waals surface area contributed by atoms with E-state index in [0.29, 0.717) is 42.0 Å². The summed E-state index contributed by atoms with van der Waals surface area (Å²) >= 11 is 11.8. The first-order valence-electron chi connectivity index (χ1n) is 4.65. The van der Waals surface area contributed by atoms with Crippen LogP contribution in [0, 0.1) is 0 Å². The molecule has 1 rings (SSSR count). The molecule has 84 valence electrons. The van der Waals surface area contributed by atoms with Gasteiger partial charge in [-0.15, -0.1) is 0 Å². The summed E-state index contributed by atoms with van der Waals surface area (Å²) in [4.78, 5) is 6.11. The summed E-state index contributed by atoms with van der Waals surface area (Å²) in [5, 5.41) is 1.04. The molecule has 0 aromatic carbocycles. The Morgan fingerprint density at radius 1 is 1.20 bits per heavy atom. The molecule has 0 aliphatic rings. The summed E-state index contributed by atoms with van der Waals surface area (Å²) in [6, 6.07) is 1.66. The first kappa shape index (κ1) is 12.5. The summed E-state index contributed by atoms with van der Waals surface area (Å²) in [5.41, 5.74) is 11.0. The number of nitrogens with zero attached hydrogens (tertiary/aromatic N) is 2. The molecule has 6 heteroatoms. The zero-order valence-corrected chi connectivity index (χ0v) is 9.80. The lowest BCUT2D eigenvalue weighted by molar-refractivity contribution is 0.770. The normalized spacial score (nSPS) is 10.4. The van der Waals surface area contributed by atoms with E-state index < -0.39 is 0 Å². The average molecular weight is 249 g/mol. The molecule has 0 spiro atoms. The van der Waals surface area contributed by atoms with Crippen molar-refractivity contribution in [1.82, 2.24) is 4.98 Å². The average Bonchev–Trinajstić information content (AvgIpc) is 2.17. The van der Waals surface area contributed by atoms with Crippen molar-refractivity contribution in [3.63, 3.8) is 0 Å². The Balaban J connectivity index is 2.89. The lowest BCUT2D eigenvalue weighted by Crippen LogP contribution is -2.34. The van der Waals surface area contributed by atoms with Gasteiger partial charge in [-0.1, -0.05) is 23.2 Å². The molecule has 1 aromatic heterocycles. The standard InChI is InChI=1S/C9H14Cl2N4/c10-7-5-8(11)9(14-6-7)15(3-1-12)4-2-13/h5-6H,1-4,12-13H2. The summed E-state index contributed by atoms with van der Waals surface area (Å²) in [7, 11) is 0. The van der Waals surface area contributed by atoms with Crippen molar-refractivity contribution < 1.29 is 0 Å². The number of nitrogens with two attached hydrogens (primary N) is 2. The highest BCUT2D eigenvalue weighted by molar-refractivity contribution is 6.36. The van der Waals surface area contributed by atoms with Crippen molar-refractivity contribution >= 4 is 29.0 Å². The molecule has 0 amide bonds. The molecule has 0 aliphatic heterocycles. The Morgan fingerprint density at radius 3 is 2.27 bits per heavy atom. The number of pyridine rings is 1. The van der Waals surface area contributed by atoms with Gasteiger partial charge in [0, 0.05) is 32.4 Å². The van der Waals surface area contributed by atoms with Crippen LogP contribution in [0.25, 0.3) is 0 Å². The van der Waals surface area contributed by atoms with Crippen molar-refractivity contribution in [2.75, 3.05) is 31.1 Å². The SMILES string of the molecule is NCCN(CCN)c1ncc(Cl)cc1Cl. The van der Waals surface area contributed by atoms with Crippen LogP contribution in [-0.2, 0) is 0 Å². The molecule has 1 heterocycles. The first-order chi connectivity index (χ1) is 7.19. The monoisotopic (exact) mass is 248 g/mol. The Morgan fingerprint density at radius 2 is 1.80 bits per heavy atom. The Bertz CT molecular complexity index is 313. The van der Waals surface area contributed by atoms with Crippen molar-refractivity contribution in [3.05, 3.63) is 22.3 Å². The van der Waals surface area contributed by atoms with Gasteiger partial charge in [0.15, 0.2) is 0 Å². The van der Waals surface area contributed by atoms with E-state index in [0.717, 1.165) is 0 Å². The topological polar surface area (TPSA) is 68.2 Å². The van der Waals surface area contributed by atoms with E-state index in [1.807, 2.05) is 4.90 Å². The lowest BCUT2D eigenvalue weighted by atomic mass is 10.4. The van der Waals surface area contributed by atoms with E-state index >= 15 is 0 Å². The molecule has 1 aromatic rings. The maximum Gasteiger partial charge on any atom is 0.147 e. The fraction of sp³-hybridized carbons (Fsp3) is 0.444. The second kappa shape index (κ2) is 6.12. The summed E-state index contributed by atoms with van der Waals surface area (Å²) in [5.74, 6) is 0.678. The van der Waals surface area contributed by atoms with Gasteiger partial charge in [-0.05, 0) is 6.07 Å². The molecule has 0 fully saturated rings. The zero-order valence-electron chi connectivity index (χ0n) is 8.29. The molecule has 4 nitrogen and oxygen atoms in total. The van der Waals surface area contributed by atoms with Crippen LogP contribution in [0.4, 0.5) is 5.82 Å². The van der Waals surface area contributed by atoms with Crippen LogP contribution in [-0.4, -0.2) is 31.2 Å². The molecule has 0 saturated carbocycles. The fourth-order valence-electron chi connectivity index (χ4n) is 1.28. The second-order valence-electron chi connectivity index (χ2n) is 3.02. The van der Waals surface area contributed by atoms with Crippen LogP contribution in [0.1, 0.15) is 0 Å². The highest BCUT2D eigenvalue weighted by Crippen LogP contribution is 2.25. The molecule has 0 aliphatic carbocycles.